The molecule has 0 spiro atoms. The number of hydrogen-bond donors (Lipinski definition) is 6. The number of aliphatic hydroxyl groups is 2. The molecule has 54 heavy (non-hydrogen) atoms. The molecule has 1 saturated carbocycles. The van der Waals surface area contributed by atoms with Gasteiger partial charge in [0.2, 0.25) is 21.8 Å². The minimum absolute atomic E-state index is 0.00121. The van der Waals surface area contributed by atoms with Crippen molar-refractivity contribution < 1.29 is 37.8 Å². The standard InChI is InChI=1S/C39H64N6O8S/c1-6-21-54(51,52)42-27-31(46)25-34(47)32(22-28-15-9-7-10-16-28)44-37(49)33(24-30-26-41-35(43-30)23-29-17-11-8-12-18-29)45(38(50)53-39(2,3)4)36(48)19-13-14-20-40-5/h8,11-12,17-18,26,28,31-34,40,42,46-47H,6-7,9-10,13-16,19-25,27H2,1-5H3,(H,41,43)(H,44,49)/t31-,32+,33?,34+/m1/s1. The highest BCUT2D eigenvalue weighted by Crippen LogP contribution is 2.29. The number of amides is 3. The number of ether oxygens (including phenoxy) is 1. The van der Waals surface area contributed by atoms with Gasteiger partial charge in [0, 0.05) is 38.4 Å². The minimum Gasteiger partial charge on any atom is -0.443 e. The first-order chi connectivity index (χ1) is 25.6. The molecule has 1 fully saturated rings. The van der Waals surface area contributed by atoms with Crippen molar-refractivity contribution in [2.24, 2.45) is 5.92 Å². The minimum atomic E-state index is -3.59. The maximum Gasteiger partial charge on any atom is 0.417 e. The van der Waals surface area contributed by atoms with E-state index in [0.29, 0.717) is 50.2 Å². The largest absolute Gasteiger partial charge is 0.443 e. The first-order valence-electron chi connectivity index (χ1n) is 19.5. The lowest BCUT2D eigenvalue weighted by atomic mass is 9.83. The number of carbonyl (C=O) groups excluding carboxylic acids is 3. The number of rotatable bonds is 22. The zero-order valence-electron chi connectivity index (χ0n) is 32.8. The van der Waals surface area contributed by atoms with Crippen LogP contribution in [0.15, 0.2) is 36.5 Å². The van der Waals surface area contributed by atoms with E-state index >= 15 is 0 Å². The van der Waals surface area contributed by atoms with E-state index in [1.54, 1.807) is 33.9 Å². The molecular weight excluding hydrogens is 713 g/mol. The average molecular weight is 777 g/mol. The molecule has 1 aromatic heterocycles. The topological polar surface area (TPSA) is 203 Å². The first-order valence-corrected chi connectivity index (χ1v) is 21.2. The second-order valence-electron chi connectivity index (χ2n) is 15.5. The monoisotopic (exact) mass is 776 g/mol. The highest BCUT2D eigenvalue weighted by molar-refractivity contribution is 7.89. The van der Waals surface area contributed by atoms with Crippen molar-refractivity contribution in [3.63, 3.8) is 0 Å². The molecule has 1 unspecified atom stereocenters. The summed E-state index contributed by atoms with van der Waals surface area (Å²) in [4.78, 5) is 51.2. The number of hydrogen-bond acceptors (Lipinski definition) is 10. The molecule has 1 aliphatic carbocycles. The van der Waals surface area contributed by atoms with Gasteiger partial charge in [-0.05, 0) is 71.5 Å². The highest BCUT2D eigenvalue weighted by Gasteiger charge is 2.40. The number of nitrogens with one attached hydrogen (secondary N) is 4. The van der Waals surface area contributed by atoms with E-state index in [1.807, 2.05) is 37.4 Å². The number of H-pyrrole nitrogens is 1. The fraction of sp³-hybridized carbons (Fsp3) is 0.692. The Morgan fingerprint density at radius 2 is 1.78 bits per heavy atom. The number of aliphatic hydroxyl groups excluding tert-OH is 2. The van der Waals surface area contributed by atoms with Gasteiger partial charge in [0.05, 0.1) is 29.7 Å². The smallest absolute Gasteiger partial charge is 0.417 e. The van der Waals surface area contributed by atoms with E-state index in [4.69, 9.17) is 9.72 Å². The summed E-state index contributed by atoms with van der Waals surface area (Å²) in [5.74, 6) is -0.489. The number of unbranched alkanes of at least 4 members (excludes halogenated alkanes) is 1. The van der Waals surface area contributed by atoms with Gasteiger partial charge in [0.1, 0.15) is 17.5 Å². The first kappa shape index (κ1) is 45.0. The summed E-state index contributed by atoms with van der Waals surface area (Å²) in [6.07, 6.45) is 5.33. The summed E-state index contributed by atoms with van der Waals surface area (Å²) in [6, 6.07) is 7.51. The lowest BCUT2D eigenvalue weighted by molar-refractivity contribution is -0.140. The highest BCUT2D eigenvalue weighted by atomic mass is 32.2. The van der Waals surface area contributed by atoms with E-state index in [1.165, 1.54) is 0 Å². The van der Waals surface area contributed by atoms with E-state index in [9.17, 15) is 33.0 Å². The number of imide groups is 1. The molecule has 0 aliphatic heterocycles. The van der Waals surface area contributed by atoms with Crippen molar-refractivity contribution in [1.82, 2.24) is 30.2 Å². The predicted octanol–water partition coefficient (Wildman–Crippen LogP) is 3.96. The number of aromatic amines is 1. The van der Waals surface area contributed by atoms with Gasteiger partial charge in [-0.3, -0.25) is 9.59 Å². The molecule has 14 nitrogen and oxygen atoms in total. The Morgan fingerprint density at radius 3 is 2.43 bits per heavy atom. The van der Waals surface area contributed by atoms with Crippen LogP contribution in [0, 0.1) is 5.92 Å². The predicted molar refractivity (Wildman–Crippen MR) is 208 cm³/mol. The second kappa shape index (κ2) is 22.2. The number of nitrogens with zero attached hydrogens (tertiary/aromatic N) is 2. The maximum atomic E-state index is 14.6. The zero-order valence-corrected chi connectivity index (χ0v) is 33.6. The third-order valence-corrected chi connectivity index (χ3v) is 11.0. The Bertz CT molecular complexity index is 1540. The molecule has 0 saturated heterocycles. The molecule has 0 radical (unpaired) electrons. The number of aromatic nitrogens is 2. The quantitative estimate of drug-likeness (QED) is 0.0951. The summed E-state index contributed by atoms with van der Waals surface area (Å²) in [6.45, 7) is 7.18. The van der Waals surface area contributed by atoms with E-state index < -0.39 is 57.8 Å². The Labute approximate surface area is 321 Å². The van der Waals surface area contributed by atoms with Crippen LogP contribution in [-0.4, -0.2) is 107 Å². The van der Waals surface area contributed by atoms with Crippen molar-refractivity contribution >= 4 is 27.9 Å². The van der Waals surface area contributed by atoms with Crippen molar-refractivity contribution in [3.8, 4) is 0 Å². The van der Waals surface area contributed by atoms with Gasteiger partial charge in [-0.25, -0.2) is 27.8 Å². The molecule has 4 atom stereocenters. The Hall–Kier alpha value is -3.37. The summed E-state index contributed by atoms with van der Waals surface area (Å²) < 4.78 is 32.5. The molecule has 15 heteroatoms. The van der Waals surface area contributed by atoms with Crippen LogP contribution in [0.3, 0.4) is 0 Å². The Balaban J connectivity index is 1.96. The van der Waals surface area contributed by atoms with Crippen molar-refractivity contribution in [1.29, 1.82) is 0 Å². The van der Waals surface area contributed by atoms with E-state index in [-0.39, 0.29) is 37.5 Å². The summed E-state index contributed by atoms with van der Waals surface area (Å²) in [5, 5.41) is 28.3. The molecule has 6 N–H and O–H groups in total. The molecule has 1 aliphatic rings. The molecule has 0 bridgehead atoms. The van der Waals surface area contributed by atoms with Crippen LogP contribution in [0.1, 0.15) is 115 Å². The van der Waals surface area contributed by atoms with Gasteiger partial charge in [0.15, 0.2) is 0 Å². The number of benzene rings is 1. The van der Waals surface area contributed by atoms with Gasteiger partial charge in [-0.1, -0.05) is 69.4 Å². The van der Waals surface area contributed by atoms with Crippen LogP contribution in [0.4, 0.5) is 4.79 Å². The lowest BCUT2D eigenvalue weighted by Gasteiger charge is -2.35. The number of carbonyl (C=O) groups is 3. The van der Waals surface area contributed by atoms with Crippen LogP contribution in [0.25, 0.3) is 0 Å². The molecule has 2 aromatic rings. The van der Waals surface area contributed by atoms with Crippen molar-refractivity contribution in [2.75, 3.05) is 25.9 Å². The number of imidazole rings is 1. The summed E-state index contributed by atoms with van der Waals surface area (Å²) >= 11 is 0. The van der Waals surface area contributed by atoms with Crippen LogP contribution in [0.2, 0.25) is 0 Å². The van der Waals surface area contributed by atoms with Crippen molar-refractivity contribution in [3.05, 3.63) is 53.6 Å². The van der Waals surface area contributed by atoms with Gasteiger partial charge in [0.25, 0.3) is 0 Å². The third kappa shape index (κ3) is 16.2. The normalized spacial score (nSPS) is 16.3. The lowest BCUT2D eigenvalue weighted by Crippen LogP contribution is -2.57. The molecule has 1 heterocycles. The molecule has 304 valence electrons. The van der Waals surface area contributed by atoms with Crippen LogP contribution >= 0.6 is 0 Å². The van der Waals surface area contributed by atoms with Crippen molar-refractivity contribution in [2.45, 2.75) is 141 Å². The molecule has 3 amide bonds. The SMILES string of the molecule is CCCS(=O)(=O)NC[C@H](O)C[C@H](O)[C@H](CC1CCCCC1)NC(=O)C(Cc1c[nH]c(Cc2ccccc2)n1)N(C(=O)CCCCNC)C(=O)OC(C)(C)C. The van der Waals surface area contributed by atoms with Gasteiger partial charge in [-0.2, -0.15) is 0 Å². The van der Waals surface area contributed by atoms with Gasteiger partial charge < -0.3 is 30.6 Å². The zero-order chi connectivity index (χ0) is 39.7. The summed E-state index contributed by atoms with van der Waals surface area (Å²) in [7, 11) is -1.77. The average Bonchev–Trinajstić information content (AvgIpc) is 3.55. The fourth-order valence-electron chi connectivity index (χ4n) is 6.76. The third-order valence-electron chi connectivity index (χ3n) is 9.47. The van der Waals surface area contributed by atoms with Gasteiger partial charge in [-0.15, -0.1) is 0 Å². The number of sulfonamides is 1. The van der Waals surface area contributed by atoms with Crippen LogP contribution in [0.5, 0.6) is 0 Å². The van der Waals surface area contributed by atoms with Crippen LogP contribution < -0.4 is 15.4 Å². The van der Waals surface area contributed by atoms with E-state index in [0.717, 1.165) is 42.6 Å². The van der Waals surface area contributed by atoms with Crippen LogP contribution in [-0.2, 0) is 37.2 Å². The van der Waals surface area contributed by atoms with Gasteiger partial charge >= 0.3 is 6.09 Å². The second-order valence-corrected chi connectivity index (χ2v) is 17.4. The Morgan fingerprint density at radius 1 is 1.07 bits per heavy atom. The Kier molecular flexibility index (Phi) is 18.6. The molecule has 1 aromatic carbocycles. The van der Waals surface area contributed by atoms with E-state index in [2.05, 4.69) is 20.3 Å². The fourth-order valence-corrected chi connectivity index (χ4v) is 7.89. The summed E-state index contributed by atoms with van der Waals surface area (Å²) in [5.41, 5.74) is 0.517. The maximum absolute atomic E-state index is 14.6. The molecular formula is C39H64N6O8S. The molecule has 3 rings (SSSR count).